The van der Waals surface area contributed by atoms with Crippen molar-refractivity contribution in [2.45, 2.75) is 44.9 Å². The van der Waals surface area contributed by atoms with Crippen LogP contribution >= 0.6 is 0 Å². The maximum Gasteiger partial charge on any atom is 0.311 e. The van der Waals surface area contributed by atoms with E-state index in [1.807, 2.05) is 18.2 Å². The normalized spacial score (nSPS) is 18.8. The van der Waals surface area contributed by atoms with Crippen LogP contribution in [-0.2, 0) is 22.4 Å². The number of amides is 1. The molecule has 23 heavy (non-hydrogen) atoms. The van der Waals surface area contributed by atoms with Crippen LogP contribution in [0.1, 0.15) is 43.2 Å². The van der Waals surface area contributed by atoms with Gasteiger partial charge in [0.05, 0.1) is 18.4 Å². The van der Waals surface area contributed by atoms with Crippen molar-refractivity contribution >= 4 is 11.9 Å². The largest absolute Gasteiger partial charge is 0.493 e. The SMILES string of the molecule is O=C(Cc1ccc2c(c1)CCO2)NCC1(C(=O)O)CCCCC1. The summed E-state index contributed by atoms with van der Waals surface area (Å²) in [7, 11) is 0. The molecule has 5 heteroatoms. The van der Waals surface area contributed by atoms with Crippen LogP contribution in [0, 0.1) is 5.41 Å². The second-order valence-electron chi connectivity index (χ2n) is 6.64. The molecule has 0 aromatic heterocycles. The van der Waals surface area contributed by atoms with Gasteiger partial charge in [0.2, 0.25) is 5.91 Å². The average molecular weight is 317 g/mol. The smallest absolute Gasteiger partial charge is 0.311 e. The number of rotatable bonds is 5. The summed E-state index contributed by atoms with van der Waals surface area (Å²) in [6.45, 7) is 0.932. The van der Waals surface area contributed by atoms with Gasteiger partial charge in [0, 0.05) is 13.0 Å². The molecule has 124 valence electrons. The van der Waals surface area contributed by atoms with Gasteiger partial charge in [-0.1, -0.05) is 31.4 Å². The van der Waals surface area contributed by atoms with Crippen LogP contribution in [0.25, 0.3) is 0 Å². The highest BCUT2D eigenvalue weighted by Gasteiger charge is 2.39. The van der Waals surface area contributed by atoms with Crippen molar-refractivity contribution < 1.29 is 19.4 Å². The molecule has 1 aliphatic heterocycles. The summed E-state index contributed by atoms with van der Waals surface area (Å²) in [5.41, 5.74) is 1.31. The zero-order chi connectivity index (χ0) is 16.3. The Kier molecular flexibility index (Phi) is 4.55. The Morgan fingerprint density at radius 3 is 2.74 bits per heavy atom. The number of carboxylic acids is 1. The minimum absolute atomic E-state index is 0.116. The first kappa shape index (κ1) is 15.8. The zero-order valence-electron chi connectivity index (χ0n) is 13.3. The fourth-order valence-electron chi connectivity index (χ4n) is 3.56. The van der Waals surface area contributed by atoms with Crippen molar-refractivity contribution in [1.82, 2.24) is 5.32 Å². The van der Waals surface area contributed by atoms with Crippen molar-refractivity contribution in [3.05, 3.63) is 29.3 Å². The predicted octanol–water partition coefficient (Wildman–Crippen LogP) is 2.32. The first-order chi connectivity index (χ1) is 11.1. The number of nitrogens with one attached hydrogen (secondary N) is 1. The van der Waals surface area contributed by atoms with Gasteiger partial charge in [0.15, 0.2) is 0 Å². The Morgan fingerprint density at radius 1 is 1.22 bits per heavy atom. The number of hydrogen-bond acceptors (Lipinski definition) is 3. The van der Waals surface area contributed by atoms with Crippen LogP contribution in [0.3, 0.4) is 0 Å². The molecule has 0 radical (unpaired) electrons. The molecule has 1 aliphatic carbocycles. The number of ether oxygens (including phenoxy) is 1. The lowest BCUT2D eigenvalue weighted by Gasteiger charge is -2.33. The van der Waals surface area contributed by atoms with Gasteiger partial charge >= 0.3 is 5.97 Å². The lowest BCUT2D eigenvalue weighted by Crippen LogP contribution is -2.44. The summed E-state index contributed by atoms with van der Waals surface area (Å²) in [5, 5.41) is 12.4. The molecule has 2 N–H and O–H groups in total. The van der Waals surface area contributed by atoms with E-state index in [9.17, 15) is 14.7 Å². The molecule has 1 aromatic rings. The molecule has 1 aromatic carbocycles. The Morgan fingerprint density at radius 2 is 2.00 bits per heavy atom. The van der Waals surface area contributed by atoms with E-state index in [2.05, 4.69) is 5.32 Å². The first-order valence-electron chi connectivity index (χ1n) is 8.34. The van der Waals surface area contributed by atoms with E-state index in [1.165, 1.54) is 0 Å². The minimum atomic E-state index is -0.785. The monoisotopic (exact) mass is 317 g/mol. The van der Waals surface area contributed by atoms with Gasteiger partial charge in [-0.3, -0.25) is 9.59 Å². The highest BCUT2D eigenvalue weighted by molar-refractivity contribution is 5.80. The van der Waals surface area contributed by atoms with E-state index in [0.717, 1.165) is 42.6 Å². The predicted molar refractivity (Wildman–Crippen MR) is 85.5 cm³/mol. The van der Waals surface area contributed by atoms with Crippen molar-refractivity contribution in [2.75, 3.05) is 13.2 Å². The Bertz CT molecular complexity index is 605. The molecule has 1 saturated carbocycles. The molecule has 0 bridgehead atoms. The molecule has 0 unspecified atom stereocenters. The summed E-state index contributed by atoms with van der Waals surface area (Å²) in [6, 6.07) is 5.82. The number of aliphatic carboxylic acids is 1. The molecule has 3 rings (SSSR count). The highest BCUT2D eigenvalue weighted by atomic mass is 16.5. The van der Waals surface area contributed by atoms with Crippen LogP contribution in [0.4, 0.5) is 0 Å². The third kappa shape index (κ3) is 3.49. The second-order valence-corrected chi connectivity index (χ2v) is 6.64. The van der Waals surface area contributed by atoms with E-state index in [0.29, 0.717) is 19.4 Å². The van der Waals surface area contributed by atoms with Crippen LogP contribution in [0.15, 0.2) is 18.2 Å². The van der Waals surface area contributed by atoms with Crippen LogP contribution in [-0.4, -0.2) is 30.1 Å². The molecular formula is C18H23NO4. The summed E-state index contributed by atoms with van der Waals surface area (Å²) >= 11 is 0. The second kappa shape index (κ2) is 6.60. The van der Waals surface area contributed by atoms with Gasteiger partial charge in [0.1, 0.15) is 5.75 Å². The quantitative estimate of drug-likeness (QED) is 0.874. The molecule has 0 saturated heterocycles. The van der Waals surface area contributed by atoms with Crippen LogP contribution < -0.4 is 10.1 Å². The van der Waals surface area contributed by atoms with E-state index in [1.54, 1.807) is 0 Å². The van der Waals surface area contributed by atoms with Gasteiger partial charge in [-0.25, -0.2) is 0 Å². The van der Waals surface area contributed by atoms with E-state index in [-0.39, 0.29) is 18.9 Å². The maximum absolute atomic E-state index is 12.2. The third-order valence-corrected chi connectivity index (χ3v) is 5.01. The Labute approximate surface area is 136 Å². The molecule has 1 amide bonds. The Balaban J connectivity index is 1.57. The van der Waals surface area contributed by atoms with Crippen LogP contribution in [0.5, 0.6) is 5.75 Å². The number of fused-ring (bicyclic) bond motifs is 1. The third-order valence-electron chi connectivity index (χ3n) is 5.01. The van der Waals surface area contributed by atoms with Gasteiger partial charge < -0.3 is 15.2 Å². The summed E-state index contributed by atoms with van der Waals surface area (Å²) in [4.78, 5) is 23.8. The highest BCUT2D eigenvalue weighted by Crippen LogP contribution is 2.36. The van der Waals surface area contributed by atoms with Crippen molar-refractivity contribution in [3.63, 3.8) is 0 Å². The number of carboxylic acid groups (broad SMARTS) is 1. The number of carbonyl (C=O) groups is 2. The van der Waals surface area contributed by atoms with Gasteiger partial charge in [-0.05, 0) is 30.0 Å². The van der Waals surface area contributed by atoms with Crippen molar-refractivity contribution in [3.8, 4) is 5.75 Å². The van der Waals surface area contributed by atoms with Gasteiger partial charge in [0.25, 0.3) is 0 Å². The van der Waals surface area contributed by atoms with Crippen LogP contribution in [0.2, 0.25) is 0 Å². The summed E-state index contributed by atoms with van der Waals surface area (Å²) in [6.07, 6.45) is 5.40. The lowest BCUT2D eigenvalue weighted by molar-refractivity contribution is -0.151. The topological polar surface area (TPSA) is 75.6 Å². The molecular weight excluding hydrogens is 294 g/mol. The number of benzene rings is 1. The molecule has 2 aliphatic rings. The van der Waals surface area contributed by atoms with E-state index in [4.69, 9.17) is 4.74 Å². The standard InChI is InChI=1S/C18H23NO4/c20-16(11-13-4-5-15-14(10-13)6-9-23-15)19-12-18(17(21)22)7-2-1-3-8-18/h4-5,10H,1-3,6-9,11-12H2,(H,19,20)(H,21,22). The lowest BCUT2D eigenvalue weighted by atomic mass is 9.74. The number of hydrogen-bond donors (Lipinski definition) is 2. The molecule has 0 atom stereocenters. The fourth-order valence-corrected chi connectivity index (χ4v) is 3.56. The fraction of sp³-hybridized carbons (Fsp3) is 0.556. The molecule has 5 nitrogen and oxygen atoms in total. The summed E-state index contributed by atoms with van der Waals surface area (Å²) in [5.74, 6) is 0.00318. The molecule has 1 fully saturated rings. The zero-order valence-corrected chi connectivity index (χ0v) is 13.3. The molecule has 0 spiro atoms. The number of carbonyl (C=O) groups excluding carboxylic acids is 1. The molecule has 1 heterocycles. The van der Waals surface area contributed by atoms with Gasteiger partial charge in [-0.15, -0.1) is 0 Å². The average Bonchev–Trinajstić information content (AvgIpc) is 3.01. The van der Waals surface area contributed by atoms with Crippen molar-refractivity contribution in [1.29, 1.82) is 0 Å². The van der Waals surface area contributed by atoms with Gasteiger partial charge in [-0.2, -0.15) is 0 Å². The Hall–Kier alpha value is -2.04. The first-order valence-corrected chi connectivity index (χ1v) is 8.34. The minimum Gasteiger partial charge on any atom is -0.493 e. The maximum atomic E-state index is 12.2. The van der Waals surface area contributed by atoms with E-state index >= 15 is 0 Å². The summed E-state index contributed by atoms with van der Waals surface area (Å²) < 4.78 is 5.46. The van der Waals surface area contributed by atoms with E-state index < -0.39 is 11.4 Å². The van der Waals surface area contributed by atoms with Crippen molar-refractivity contribution in [2.24, 2.45) is 5.41 Å².